The van der Waals surface area contributed by atoms with Gasteiger partial charge in [-0.2, -0.15) is 0 Å². The number of carbonyl (C=O) groups excluding carboxylic acids is 1. The molecular weight excluding hydrogens is 252 g/mol. The average molecular weight is 274 g/mol. The van der Waals surface area contributed by atoms with Crippen LogP contribution in [-0.4, -0.2) is 55.9 Å². The van der Waals surface area contributed by atoms with Gasteiger partial charge in [0.1, 0.15) is 0 Å². The molecule has 18 heavy (non-hydrogen) atoms. The van der Waals surface area contributed by atoms with Crippen LogP contribution in [0.3, 0.4) is 0 Å². The van der Waals surface area contributed by atoms with Crippen LogP contribution in [-0.2, 0) is 14.6 Å². The van der Waals surface area contributed by atoms with E-state index in [9.17, 15) is 13.2 Å². The fourth-order valence-electron chi connectivity index (χ4n) is 2.88. The first kappa shape index (κ1) is 13.8. The van der Waals surface area contributed by atoms with E-state index in [1.54, 1.807) is 6.92 Å². The lowest BCUT2D eigenvalue weighted by atomic mass is 9.99. The summed E-state index contributed by atoms with van der Waals surface area (Å²) >= 11 is 0. The third-order valence-corrected chi connectivity index (χ3v) is 5.69. The van der Waals surface area contributed by atoms with Crippen molar-refractivity contribution in [2.24, 2.45) is 0 Å². The Kier molecular flexibility index (Phi) is 4.27. The molecule has 0 spiro atoms. The van der Waals surface area contributed by atoms with Gasteiger partial charge in [-0.15, -0.1) is 0 Å². The van der Waals surface area contributed by atoms with E-state index in [1.165, 1.54) is 6.42 Å². The highest BCUT2D eigenvalue weighted by Gasteiger charge is 2.40. The summed E-state index contributed by atoms with van der Waals surface area (Å²) in [7, 11) is -2.92. The molecule has 5 nitrogen and oxygen atoms in total. The molecule has 0 radical (unpaired) electrons. The second kappa shape index (κ2) is 5.57. The summed E-state index contributed by atoms with van der Waals surface area (Å²) in [4.78, 5) is 13.8. The van der Waals surface area contributed by atoms with Crippen molar-refractivity contribution >= 4 is 15.7 Å². The fourth-order valence-corrected chi connectivity index (χ4v) is 3.60. The number of hydrogen-bond donors (Lipinski definition) is 1. The number of sulfone groups is 1. The second-order valence-corrected chi connectivity index (χ2v) is 7.62. The molecule has 0 bridgehead atoms. The topological polar surface area (TPSA) is 66.5 Å². The van der Waals surface area contributed by atoms with Gasteiger partial charge in [0, 0.05) is 37.3 Å². The smallest absolute Gasteiger partial charge is 0.224 e. The molecule has 0 aliphatic carbocycles. The van der Waals surface area contributed by atoms with Gasteiger partial charge in [0.05, 0.1) is 5.75 Å². The zero-order chi connectivity index (χ0) is 13.2. The number of fused-ring (bicyclic) bond motifs is 1. The summed E-state index contributed by atoms with van der Waals surface area (Å²) in [6, 6.07) is 0.431. The van der Waals surface area contributed by atoms with E-state index in [0.29, 0.717) is 13.0 Å². The molecule has 104 valence electrons. The van der Waals surface area contributed by atoms with Gasteiger partial charge in [0.2, 0.25) is 5.91 Å². The van der Waals surface area contributed by atoms with Gasteiger partial charge in [-0.25, -0.2) is 8.42 Å². The number of hydrogen-bond acceptors (Lipinski definition) is 4. The molecule has 0 aromatic rings. The summed E-state index contributed by atoms with van der Waals surface area (Å²) in [5, 5.41) is 3.26. The first-order valence-electron chi connectivity index (χ1n) is 6.77. The van der Waals surface area contributed by atoms with Crippen molar-refractivity contribution in [2.45, 2.75) is 44.7 Å². The Morgan fingerprint density at radius 2 is 2.17 bits per heavy atom. The standard InChI is InChI=1S/C12H22N2O3S/c1-2-18(16,17)8-6-13-10-9-12(15)14-7-4-3-5-11(10)14/h10-11,13H,2-9H2,1H3. The van der Waals surface area contributed by atoms with Crippen molar-refractivity contribution < 1.29 is 13.2 Å². The van der Waals surface area contributed by atoms with Gasteiger partial charge in [-0.1, -0.05) is 6.92 Å². The van der Waals surface area contributed by atoms with Gasteiger partial charge in [0.15, 0.2) is 9.84 Å². The molecule has 2 unspecified atom stereocenters. The van der Waals surface area contributed by atoms with Crippen LogP contribution in [0.1, 0.15) is 32.6 Å². The number of nitrogens with one attached hydrogen (secondary N) is 1. The predicted octanol–water partition coefficient (Wildman–Crippen LogP) is 0.164. The highest BCUT2D eigenvalue weighted by atomic mass is 32.2. The van der Waals surface area contributed by atoms with Gasteiger partial charge in [0.25, 0.3) is 0 Å². The van der Waals surface area contributed by atoms with Crippen molar-refractivity contribution in [3.8, 4) is 0 Å². The molecule has 0 aromatic heterocycles. The minimum atomic E-state index is -2.92. The summed E-state index contributed by atoms with van der Waals surface area (Å²) in [5.74, 6) is 0.574. The minimum absolute atomic E-state index is 0.143. The van der Waals surface area contributed by atoms with Gasteiger partial charge < -0.3 is 10.2 Å². The fraction of sp³-hybridized carbons (Fsp3) is 0.917. The zero-order valence-corrected chi connectivity index (χ0v) is 11.7. The Morgan fingerprint density at radius 1 is 1.39 bits per heavy atom. The Morgan fingerprint density at radius 3 is 2.89 bits per heavy atom. The summed E-state index contributed by atoms with van der Waals surface area (Å²) < 4.78 is 22.8. The van der Waals surface area contributed by atoms with Gasteiger partial charge in [-0.05, 0) is 19.3 Å². The average Bonchev–Trinajstić information content (AvgIpc) is 2.67. The van der Waals surface area contributed by atoms with E-state index in [4.69, 9.17) is 0 Å². The predicted molar refractivity (Wildman–Crippen MR) is 70.1 cm³/mol. The van der Waals surface area contributed by atoms with E-state index in [2.05, 4.69) is 5.32 Å². The summed E-state index contributed by atoms with van der Waals surface area (Å²) in [6.07, 6.45) is 3.83. The zero-order valence-electron chi connectivity index (χ0n) is 10.9. The number of piperidine rings is 1. The molecule has 2 saturated heterocycles. The van der Waals surface area contributed by atoms with E-state index < -0.39 is 9.84 Å². The molecule has 2 heterocycles. The first-order chi connectivity index (χ1) is 8.53. The molecule has 0 saturated carbocycles. The molecule has 2 aliphatic heterocycles. The molecule has 1 amide bonds. The number of amides is 1. The van der Waals surface area contributed by atoms with Crippen LogP contribution >= 0.6 is 0 Å². The Bertz CT molecular complexity index is 408. The van der Waals surface area contributed by atoms with Crippen molar-refractivity contribution in [1.29, 1.82) is 0 Å². The maximum absolute atomic E-state index is 11.8. The number of nitrogens with zero attached hydrogens (tertiary/aromatic N) is 1. The van der Waals surface area contributed by atoms with E-state index in [0.717, 1.165) is 19.4 Å². The number of carbonyl (C=O) groups is 1. The van der Waals surface area contributed by atoms with Gasteiger partial charge in [-0.3, -0.25) is 4.79 Å². The summed E-state index contributed by atoms with van der Waals surface area (Å²) in [5.41, 5.74) is 0. The van der Waals surface area contributed by atoms with Crippen LogP contribution < -0.4 is 5.32 Å². The van der Waals surface area contributed by atoms with Crippen LogP contribution in [0.25, 0.3) is 0 Å². The maximum atomic E-state index is 11.8. The molecule has 6 heteroatoms. The molecular formula is C12H22N2O3S. The quantitative estimate of drug-likeness (QED) is 0.776. The highest BCUT2D eigenvalue weighted by Crippen LogP contribution is 2.28. The normalized spacial score (nSPS) is 28.5. The van der Waals surface area contributed by atoms with Crippen LogP contribution in [0.2, 0.25) is 0 Å². The molecule has 1 N–H and O–H groups in total. The second-order valence-electron chi connectivity index (χ2n) is 5.15. The summed E-state index contributed by atoms with van der Waals surface area (Å²) in [6.45, 7) is 2.99. The van der Waals surface area contributed by atoms with Crippen LogP contribution in [0.15, 0.2) is 0 Å². The van der Waals surface area contributed by atoms with Gasteiger partial charge >= 0.3 is 0 Å². The first-order valence-corrected chi connectivity index (χ1v) is 8.59. The lowest BCUT2D eigenvalue weighted by molar-refractivity contribution is -0.129. The maximum Gasteiger partial charge on any atom is 0.224 e. The lowest BCUT2D eigenvalue weighted by Gasteiger charge is -2.32. The molecule has 2 atom stereocenters. The van der Waals surface area contributed by atoms with Crippen molar-refractivity contribution in [2.75, 3.05) is 24.6 Å². The Balaban J connectivity index is 1.85. The molecule has 2 rings (SSSR count). The SMILES string of the molecule is CCS(=O)(=O)CCNC1CC(=O)N2CCCCC12. The van der Waals surface area contributed by atoms with Crippen LogP contribution in [0.4, 0.5) is 0 Å². The van der Waals surface area contributed by atoms with Crippen molar-refractivity contribution in [3.05, 3.63) is 0 Å². The van der Waals surface area contributed by atoms with E-state index >= 15 is 0 Å². The Labute approximate surface area is 109 Å². The third-order valence-electron chi connectivity index (χ3n) is 3.99. The molecule has 2 aliphatic rings. The van der Waals surface area contributed by atoms with E-state index in [1.807, 2.05) is 4.90 Å². The van der Waals surface area contributed by atoms with Crippen molar-refractivity contribution in [3.63, 3.8) is 0 Å². The monoisotopic (exact) mass is 274 g/mol. The number of rotatable bonds is 5. The van der Waals surface area contributed by atoms with Crippen molar-refractivity contribution in [1.82, 2.24) is 10.2 Å². The Hall–Kier alpha value is -0.620. The van der Waals surface area contributed by atoms with E-state index in [-0.39, 0.29) is 29.5 Å². The largest absolute Gasteiger partial charge is 0.338 e. The minimum Gasteiger partial charge on any atom is -0.338 e. The third kappa shape index (κ3) is 3.03. The molecule has 2 fully saturated rings. The highest BCUT2D eigenvalue weighted by molar-refractivity contribution is 7.91. The molecule has 0 aromatic carbocycles. The van der Waals surface area contributed by atoms with Crippen LogP contribution in [0.5, 0.6) is 0 Å². The lowest BCUT2D eigenvalue weighted by Crippen LogP contribution is -2.46. The van der Waals surface area contributed by atoms with Crippen LogP contribution in [0, 0.1) is 0 Å².